The van der Waals surface area contributed by atoms with Gasteiger partial charge in [-0.15, -0.1) is 6.58 Å². The van der Waals surface area contributed by atoms with Gasteiger partial charge in [0.05, 0.1) is 45.1 Å². The molecule has 180 valence electrons. The van der Waals surface area contributed by atoms with Crippen molar-refractivity contribution in [1.82, 2.24) is 5.32 Å². The lowest BCUT2D eigenvalue weighted by Crippen LogP contribution is -2.44. The van der Waals surface area contributed by atoms with E-state index in [2.05, 4.69) is 11.9 Å². The molecular formula is C24H37NO7. The maximum atomic E-state index is 12.0. The fourth-order valence-corrected chi connectivity index (χ4v) is 2.87. The zero-order chi connectivity index (χ0) is 24.1. The average molecular weight is 452 g/mol. The van der Waals surface area contributed by atoms with Crippen LogP contribution in [-0.2, 0) is 18.9 Å². The molecule has 0 bridgehead atoms. The van der Waals surface area contributed by atoms with Crippen molar-refractivity contribution in [3.63, 3.8) is 0 Å². The van der Waals surface area contributed by atoms with Crippen molar-refractivity contribution in [2.24, 2.45) is 0 Å². The number of carbonyl (C=O) groups excluding carboxylic acids is 2. The smallest absolute Gasteiger partial charge is 0.408 e. The molecule has 0 aliphatic rings. The molecule has 1 rings (SSSR count). The fraction of sp³-hybridized carbons (Fsp3) is 0.583. The Morgan fingerprint density at radius 1 is 1.09 bits per heavy atom. The van der Waals surface area contributed by atoms with Crippen molar-refractivity contribution in [2.75, 3.05) is 40.1 Å². The summed E-state index contributed by atoms with van der Waals surface area (Å²) in [6.07, 6.45) is 1.78. The summed E-state index contributed by atoms with van der Waals surface area (Å²) in [5, 5.41) is 2.77. The highest BCUT2D eigenvalue weighted by molar-refractivity contribution is 5.90. The van der Waals surface area contributed by atoms with Crippen LogP contribution in [0.2, 0.25) is 0 Å². The number of hydrogen-bond donors (Lipinski definition) is 1. The largest absolute Gasteiger partial charge is 0.493 e. The van der Waals surface area contributed by atoms with E-state index in [0.29, 0.717) is 31.8 Å². The molecule has 1 aromatic carbocycles. The molecular weight excluding hydrogens is 414 g/mol. The molecule has 0 fully saturated rings. The van der Waals surface area contributed by atoms with E-state index in [9.17, 15) is 9.59 Å². The summed E-state index contributed by atoms with van der Waals surface area (Å²) in [4.78, 5) is 23.7. The van der Waals surface area contributed by atoms with Crippen molar-refractivity contribution < 1.29 is 33.3 Å². The number of amides is 1. The van der Waals surface area contributed by atoms with Crippen LogP contribution in [0.1, 0.15) is 48.7 Å². The highest BCUT2D eigenvalue weighted by atomic mass is 16.6. The quantitative estimate of drug-likeness (QED) is 0.276. The Morgan fingerprint density at radius 2 is 1.72 bits per heavy atom. The van der Waals surface area contributed by atoms with Crippen LogP contribution in [0.3, 0.4) is 0 Å². The van der Waals surface area contributed by atoms with Gasteiger partial charge in [0.25, 0.3) is 0 Å². The van der Waals surface area contributed by atoms with Gasteiger partial charge in [0.2, 0.25) is 0 Å². The minimum Gasteiger partial charge on any atom is -0.493 e. The second kappa shape index (κ2) is 13.8. The molecule has 1 atom stereocenters. The van der Waals surface area contributed by atoms with E-state index in [1.165, 1.54) is 7.11 Å². The molecule has 0 saturated heterocycles. The maximum absolute atomic E-state index is 12.0. The van der Waals surface area contributed by atoms with Gasteiger partial charge in [0.15, 0.2) is 0 Å². The number of hydrogen-bond acceptors (Lipinski definition) is 7. The van der Waals surface area contributed by atoms with Gasteiger partial charge in [-0.1, -0.05) is 6.08 Å². The second-order valence-electron chi connectivity index (χ2n) is 8.38. The van der Waals surface area contributed by atoms with E-state index >= 15 is 0 Å². The van der Waals surface area contributed by atoms with Crippen LogP contribution in [0.15, 0.2) is 24.8 Å². The first-order valence-corrected chi connectivity index (χ1v) is 10.7. The molecule has 0 saturated carbocycles. The van der Waals surface area contributed by atoms with Crippen LogP contribution < -0.4 is 10.1 Å². The third-order valence-corrected chi connectivity index (χ3v) is 4.16. The van der Waals surface area contributed by atoms with Crippen LogP contribution in [0.25, 0.3) is 0 Å². The minimum absolute atomic E-state index is 0.280. The van der Waals surface area contributed by atoms with Gasteiger partial charge < -0.3 is 29.0 Å². The lowest BCUT2D eigenvalue weighted by Gasteiger charge is -2.23. The summed E-state index contributed by atoms with van der Waals surface area (Å²) in [7, 11) is 1.36. The van der Waals surface area contributed by atoms with Gasteiger partial charge >= 0.3 is 12.1 Å². The maximum Gasteiger partial charge on any atom is 0.408 e. The third kappa shape index (κ3) is 10.6. The third-order valence-electron chi connectivity index (χ3n) is 4.16. The first-order valence-electron chi connectivity index (χ1n) is 10.7. The van der Waals surface area contributed by atoms with Crippen molar-refractivity contribution >= 4 is 12.1 Å². The summed E-state index contributed by atoms with van der Waals surface area (Å²) in [6, 6.07) is 3.16. The standard InChI is InChI=1S/C24H37NO7/c1-8-10-29-15-20(25-23(27)32-24(4,5)6)16-30-11-9-12-31-21-17(2)13-19(14-18(21)3)22(26)28-7/h8,13-14,20H,1,9-12,15-16H2,2-7H3,(H,25,27). The SMILES string of the molecule is C=CCOCC(COCCCOc1c(C)cc(C(=O)OC)cc1C)NC(=O)OC(C)(C)C. The Balaban J connectivity index is 2.46. The molecule has 0 radical (unpaired) electrons. The fourth-order valence-electron chi connectivity index (χ4n) is 2.87. The van der Waals surface area contributed by atoms with E-state index < -0.39 is 11.7 Å². The molecule has 0 heterocycles. The summed E-state index contributed by atoms with van der Waals surface area (Å²) >= 11 is 0. The molecule has 0 aliphatic carbocycles. The number of alkyl carbamates (subject to hydrolysis) is 1. The number of esters is 1. The van der Waals surface area contributed by atoms with Crippen LogP contribution in [-0.4, -0.2) is 63.8 Å². The molecule has 0 aromatic heterocycles. The van der Waals surface area contributed by atoms with E-state index in [1.807, 2.05) is 13.8 Å². The number of ether oxygens (including phenoxy) is 5. The van der Waals surface area contributed by atoms with Gasteiger partial charge in [-0.2, -0.15) is 0 Å². The number of nitrogens with one attached hydrogen (secondary N) is 1. The van der Waals surface area contributed by atoms with Crippen LogP contribution >= 0.6 is 0 Å². The Hall–Kier alpha value is -2.58. The number of aryl methyl sites for hydroxylation is 2. The Morgan fingerprint density at radius 3 is 2.28 bits per heavy atom. The average Bonchev–Trinajstić information content (AvgIpc) is 2.69. The molecule has 1 aromatic rings. The van der Waals surface area contributed by atoms with Crippen LogP contribution in [0.4, 0.5) is 4.79 Å². The van der Waals surface area contributed by atoms with Crippen molar-refractivity contribution in [3.05, 3.63) is 41.5 Å². The highest BCUT2D eigenvalue weighted by Gasteiger charge is 2.20. The minimum atomic E-state index is -0.583. The lowest BCUT2D eigenvalue weighted by atomic mass is 10.1. The summed E-state index contributed by atoms with van der Waals surface area (Å²) in [5.41, 5.74) is 1.65. The summed E-state index contributed by atoms with van der Waals surface area (Å²) < 4.78 is 27.1. The molecule has 0 aliphatic heterocycles. The predicted octanol–water partition coefficient (Wildman–Crippen LogP) is 3.97. The van der Waals surface area contributed by atoms with Gasteiger partial charge in [-0.05, 0) is 57.9 Å². The molecule has 0 spiro atoms. The van der Waals surface area contributed by atoms with Gasteiger partial charge in [-0.25, -0.2) is 9.59 Å². The summed E-state index contributed by atoms with van der Waals surface area (Å²) in [6.45, 7) is 14.7. The van der Waals surface area contributed by atoms with Crippen molar-refractivity contribution in [1.29, 1.82) is 0 Å². The van der Waals surface area contributed by atoms with E-state index in [1.54, 1.807) is 39.0 Å². The van der Waals surface area contributed by atoms with Crippen molar-refractivity contribution in [2.45, 2.75) is 52.7 Å². The van der Waals surface area contributed by atoms with E-state index in [0.717, 1.165) is 16.9 Å². The molecule has 32 heavy (non-hydrogen) atoms. The monoisotopic (exact) mass is 451 g/mol. The van der Waals surface area contributed by atoms with Gasteiger partial charge in [0.1, 0.15) is 11.4 Å². The van der Waals surface area contributed by atoms with Crippen molar-refractivity contribution in [3.8, 4) is 5.75 Å². The number of carbonyl (C=O) groups is 2. The predicted molar refractivity (Wildman–Crippen MR) is 122 cm³/mol. The number of rotatable bonds is 13. The van der Waals surface area contributed by atoms with E-state index in [-0.39, 0.29) is 25.2 Å². The normalized spacial score (nSPS) is 12.1. The summed E-state index contributed by atoms with van der Waals surface area (Å²) in [5.74, 6) is 0.378. The zero-order valence-corrected chi connectivity index (χ0v) is 20.1. The Labute approximate surface area is 191 Å². The topological polar surface area (TPSA) is 92.3 Å². The van der Waals surface area contributed by atoms with Crippen LogP contribution in [0.5, 0.6) is 5.75 Å². The molecule has 1 N–H and O–H groups in total. The number of benzene rings is 1. The van der Waals surface area contributed by atoms with Crippen LogP contribution in [0, 0.1) is 13.8 Å². The highest BCUT2D eigenvalue weighted by Crippen LogP contribution is 2.25. The Bertz CT molecular complexity index is 732. The molecule has 8 nitrogen and oxygen atoms in total. The van der Waals surface area contributed by atoms with Gasteiger partial charge in [-0.3, -0.25) is 0 Å². The number of methoxy groups -OCH3 is 1. The zero-order valence-electron chi connectivity index (χ0n) is 20.1. The first-order chi connectivity index (χ1) is 15.1. The second-order valence-corrected chi connectivity index (χ2v) is 8.38. The molecule has 1 amide bonds. The molecule has 1 unspecified atom stereocenters. The van der Waals surface area contributed by atoms with E-state index in [4.69, 9.17) is 23.7 Å². The Kier molecular flexibility index (Phi) is 11.8. The first kappa shape index (κ1) is 27.5. The lowest BCUT2D eigenvalue weighted by molar-refractivity contribution is 0.0306. The molecule has 8 heteroatoms. The van der Waals surface area contributed by atoms with Gasteiger partial charge in [0, 0.05) is 13.0 Å².